The van der Waals surface area contributed by atoms with E-state index < -0.39 is 0 Å². The van der Waals surface area contributed by atoms with Crippen molar-refractivity contribution in [3.63, 3.8) is 0 Å². The Kier molecular flexibility index (Phi) is 6.23. The summed E-state index contributed by atoms with van der Waals surface area (Å²) in [4.78, 5) is 16.5. The molecule has 2 aromatic carbocycles. The van der Waals surface area contributed by atoms with E-state index in [-0.39, 0.29) is 11.8 Å². The molecule has 3 rings (SSSR count). The molecule has 0 bridgehead atoms. The second kappa shape index (κ2) is 8.81. The number of urea groups is 1. The van der Waals surface area contributed by atoms with E-state index >= 15 is 0 Å². The third-order valence-electron chi connectivity index (χ3n) is 4.88. The summed E-state index contributed by atoms with van der Waals surface area (Å²) in [7, 11) is 0. The van der Waals surface area contributed by atoms with Crippen LogP contribution >= 0.6 is 0 Å². The summed E-state index contributed by atoms with van der Waals surface area (Å²) >= 11 is 0. The summed E-state index contributed by atoms with van der Waals surface area (Å²) < 4.78 is 13.7. The van der Waals surface area contributed by atoms with E-state index in [2.05, 4.69) is 22.3 Å². The van der Waals surface area contributed by atoms with Gasteiger partial charge in [0.05, 0.1) is 0 Å². The molecule has 138 valence electrons. The van der Waals surface area contributed by atoms with Gasteiger partial charge in [-0.25, -0.2) is 9.18 Å². The zero-order valence-electron chi connectivity index (χ0n) is 15.2. The lowest BCUT2D eigenvalue weighted by molar-refractivity contribution is 0.139. The van der Waals surface area contributed by atoms with E-state index in [9.17, 15) is 9.18 Å². The van der Waals surface area contributed by atoms with Crippen molar-refractivity contribution in [3.05, 3.63) is 71.0 Å². The van der Waals surface area contributed by atoms with Gasteiger partial charge >= 0.3 is 6.03 Å². The summed E-state index contributed by atoms with van der Waals surface area (Å²) in [6.45, 7) is 6.48. The molecule has 1 aliphatic heterocycles. The molecule has 5 heteroatoms. The number of carbonyl (C=O) groups excluding carboxylic acids is 1. The van der Waals surface area contributed by atoms with E-state index in [0.29, 0.717) is 26.1 Å². The topological polar surface area (TPSA) is 35.6 Å². The minimum absolute atomic E-state index is 0.0145. The van der Waals surface area contributed by atoms with E-state index in [1.165, 1.54) is 11.6 Å². The standard InChI is InChI=1S/C21H26FN3O/c1-17-6-8-18(9-7-17)16-23-21(26)25-14-12-24(13-15-25)11-10-19-4-2-3-5-20(19)22/h2-9H,10-16H2,1H3,(H,23,26). The van der Waals surface area contributed by atoms with E-state index in [4.69, 9.17) is 0 Å². The van der Waals surface area contributed by atoms with Crippen LogP contribution in [0.2, 0.25) is 0 Å². The number of hydrogen-bond acceptors (Lipinski definition) is 2. The predicted octanol–water partition coefficient (Wildman–Crippen LogP) is 3.20. The van der Waals surface area contributed by atoms with Gasteiger partial charge in [0, 0.05) is 39.3 Å². The number of hydrogen-bond donors (Lipinski definition) is 1. The summed E-state index contributed by atoms with van der Waals surface area (Å²) in [5, 5.41) is 2.99. The van der Waals surface area contributed by atoms with Gasteiger partial charge in [0.25, 0.3) is 0 Å². The fourth-order valence-electron chi connectivity index (χ4n) is 3.15. The Morgan fingerprint density at radius 3 is 2.42 bits per heavy atom. The van der Waals surface area contributed by atoms with Gasteiger partial charge in [0.2, 0.25) is 0 Å². The fraction of sp³-hybridized carbons (Fsp3) is 0.381. The van der Waals surface area contributed by atoms with Crippen molar-refractivity contribution in [3.8, 4) is 0 Å². The number of nitrogens with zero attached hydrogens (tertiary/aromatic N) is 2. The highest BCUT2D eigenvalue weighted by Gasteiger charge is 2.20. The highest BCUT2D eigenvalue weighted by Crippen LogP contribution is 2.10. The summed E-state index contributed by atoms with van der Waals surface area (Å²) in [5.74, 6) is -0.137. The molecule has 0 aromatic heterocycles. The lowest BCUT2D eigenvalue weighted by Gasteiger charge is -2.34. The van der Waals surface area contributed by atoms with Gasteiger partial charge in [0.1, 0.15) is 5.82 Å². The number of benzene rings is 2. The summed E-state index contributed by atoms with van der Waals surface area (Å²) in [6.07, 6.45) is 0.701. The van der Waals surface area contributed by atoms with Crippen molar-refractivity contribution in [2.75, 3.05) is 32.7 Å². The third-order valence-corrected chi connectivity index (χ3v) is 4.88. The van der Waals surface area contributed by atoms with Gasteiger partial charge in [-0.2, -0.15) is 0 Å². The molecule has 2 aromatic rings. The van der Waals surface area contributed by atoms with Crippen LogP contribution in [0.3, 0.4) is 0 Å². The number of amides is 2. The van der Waals surface area contributed by atoms with Gasteiger partial charge in [0.15, 0.2) is 0 Å². The first kappa shape index (κ1) is 18.4. The molecule has 4 nitrogen and oxygen atoms in total. The van der Waals surface area contributed by atoms with Crippen LogP contribution in [0.25, 0.3) is 0 Å². The molecule has 1 saturated heterocycles. The molecule has 0 atom stereocenters. The zero-order chi connectivity index (χ0) is 18.4. The van der Waals surface area contributed by atoms with Gasteiger partial charge in [-0.15, -0.1) is 0 Å². The highest BCUT2D eigenvalue weighted by atomic mass is 19.1. The third kappa shape index (κ3) is 5.05. The molecule has 0 spiro atoms. The number of halogens is 1. The molecule has 0 aliphatic carbocycles. The molecule has 0 radical (unpaired) electrons. The second-order valence-corrected chi connectivity index (χ2v) is 6.81. The Morgan fingerprint density at radius 1 is 1.04 bits per heavy atom. The lowest BCUT2D eigenvalue weighted by Crippen LogP contribution is -2.51. The van der Waals surface area contributed by atoms with Crippen LogP contribution in [-0.2, 0) is 13.0 Å². The van der Waals surface area contributed by atoms with Crippen molar-refractivity contribution in [2.24, 2.45) is 0 Å². The van der Waals surface area contributed by atoms with Crippen LogP contribution in [0.15, 0.2) is 48.5 Å². The first-order chi connectivity index (χ1) is 12.6. The maximum atomic E-state index is 13.7. The Hall–Kier alpha value is -2.40. The summed E-state index contributed by atoms with van der Waals surface area (Å²) in [5.41, 5.74) is 3.07. The van der Waals surface area contributed by atoms with Crippen molar-refractivity contribution in [1.82, 2.24) is 15.1 Å². The normalized spacial score (nSPS) is 15.1. The average molecular weight is 355 g/mol. The molecular weight excluding hydrogens is 329 g/mol. The van der Waals surface area contributed by atoms with Crippen molar-refractivity contribution >= 4 is 6.03 Å². The van der Waals surface area contributed by atoms with Crippen LogP contribution in [-0.4, -0.2) is 48.6 Å². The van der Waals surface area contributed by atoms with Crippen molar-refractivity contribution in [1.29, 1.82) is 0 Å². The summed E-state index contributed by atoms with van der Waals surface area (Å²) in [6, 6.07) is 15.1. The van der Waals surface area contributed by atoms with E-state index in [1.54, 1.807) is 6.07 Å². The van der Waals surface area contributed by atoms with Crippen molar-refractivity contribution in [2.45, 2.75) is 19.9 Å². The average Bonchev–Trinajstić information content (AvgIpc) is 2.67. The molecule has 1 heterocycles. The van der Waals surface area contributed by atoms with E-state index in [0.717, 1.165) is 30.8 Å². The highest BCUT2D eigenvalue weighted by molar-refractivity contribution is 5.74. The monoisotopic (exact) mass is 355 g/mol. The Balaban J connectivity index is 1.39. The maximum Gasteiger partial charge on any atom is 0.317 e. The molecule has 1 fully saturated rings. The van der Waals surface area contributed by atoms with Crippen LogP contribution < -0.4 is 5.32 Å². The number of piperazine rings is 1. The molecule has 26 heavy (non-hydrogen) atoms. The smallest absolute Gasteiger partial charge is 0.317 e. The fourth-order valence-corrected chi connectivity index (χ4v) is 3.15. The van der Waals surface area contributed by atoms with Gasteiger partial charge in [-0.1, -0.05) is 48.0 Å². The molecule has 0 saturated carbocycles. The number of nitrogens with one attached hydrogen (secondary N) is 1. The Labute approximate surface area is 154 Å². The largest absolute Gasteiger partial charge is 0.334 e. The number of carbonyl (C=O) groups is 1. The van der Waals surface area contributed by atoms with Crippen LogP contribution in [0, 0.1) is 12.7 Å². The molecule has 1 N–H and O–H groups in total. The molecule has 1 aliphatic rings. The van der Waals surface area contributed by atoms with Gasteiger partial charge in [-0.3, -0.25) is 4.90 Å². The maximum absolute atomic E-state index is 13.7. The first-order valence-corrected chi connectivity index (χ1v) is 9.16. The first-order valence-electron chi connectivity index (χ1n) is 9.16. The predicted molar refractivity (Wildman–Crippen MR) is 102 cm³/mol. The number of rotatable bonds is 5. The molecule has 2 amide bonds. The molecular formula is C21H26FN3O. The minimum Gasteiger partial charge on any atom is -0.334 e. The van der Waals surface area contributed by atoms with Crippen LogP contribution in [0.5, 0.6) is 0 Å². The molecule has 0 unspecified atom stereocenters. The SMILES string of the molecule is Cc1ccc(CNC(=O)N2CCN(CCc3ccccc3F)CC2)cc1. The lowest BCUT2D eigenvalue weighted by atomic mass is 10.1. The minimum atomic E-state index is -0.137. The quantitative estimate of drug-likeness (QED) is 0.894. The zero-order valence-corrected chi connectivity index (χ0v) is 15.2. The van der Waals surface area contributed by atoms with Crippen molar-refractivity contribution < 1.29 is 9.18 Å². The Morgan fingerprint density at radius 2 is 1.73 bits per heavy atom. The van der Waals surface area contributed by atoms with E-state index in [1.807, 2.05) is 36.1 Å². The van der Waals surface area contributed by atoms with Gasteiger partial charge in [-0.05, 0) is 30.5 Å². The van der Waals surface area contributed by atoms with Gasteiger partial charge < -0.3 is 10.2 Å². The number of aryl methyl sites for hydroxylation is 1. The second-order valence-electron chi connectivity index (χ2n) is 6.81. The van der Waals surface area contributed by atoms with Crippen LogP contribution in [0.4, 0.5) is 9.18 Å². The van der Waals surface area contributed by atoms with Crippen LogP contribution in [0.1, 0.15) is 16.7 Å². The Bertz CT molecular complexity index is 724.